The summed E-state index contributed by atoms with van der Waals surface area (Å²) in [4.78, 5) is 10.4. The molecule has 5 heteroatoms. The average Bonchev–Trinajstić information content (AvgIpc) is 3.33. The molecule has 0 unspecified atom stereocenters. The largest absolute Gasteiger partial charge is 0.489 e. The number of anilines is 1. The van der Waals surface area contributed by atoms with Gasteiger partial charge in [-0.25, -0.2) is 0 Å². The molecule has 1 N–H and O–H groups in total. The van der Waals surface area contributed by atoms with E-state index in [0.29, 0.717) is 18.4 Å². The summed E-state index contributed by atoms with van der Waals surface area (Å²) in [7, 11) is 0. The summed E-state index contributed by atoms with van der Waals surface area (Å²) in [5.41, 5.74) is 6.34. The number of non-ortho nitro benzene ring substituents is 1. The second-order valence-corrected chi connectivity index (χ2v) is 8.49. The highest BCUT2D eigenvalue weighted by atomic mass is 16.6. The van der Waals surface area contributed by atoms with Gasteiger partial charge in [-0.15, -0.1) is 0 Å². The molecule has 0 bridgehead atoms. The van der Waals surface area contributed by atoms with E-state index in [1.54, 1.807) is 12.1 Å². The molecule has 2 aliphatic rings. The Balaban J connectivity index is 1.32. The second-order valence-electron chi connectivity index (χ2n) is 8.49. The second kappa shape index (κ2) is 8.50. The maximum absolute atomic E-state index is 10.8. The molecule has 3 aromatic rings. The number of hydrogen-bond donors (Lipinski definition) is 1. The third-order valence-electron chi connectivity index (χ3n) is 6.66. The summed E-state index contributed by atoms with van der Waals surface area (Å²) in [6.07, 6.45) is 6.79. The molecular formula is C27H26N2O3. The number of allylic oxidation sites excluding steroid dienone is 2. The van der Waals surface area contributed by atoms with E-state index in [1.165, 1.54) is 34.5 Å². The summed E-state index contributed by atoms with van der Waals surface area (Å²) >= 11 is 0. The molecule has 1 heterocycles. The first-order valence-corrected chi connectivity index (χ1v) is 11.1. The minimum absolute atomic E-state index is 0.0885. The van der Waals surface area contributed by atoms with Gasteiger partial charge in [-0.3, -0.25) is 10.1 Å². The molecule has 0 radical (unpaired) electrons. The van der Waals surface area contributed by atoms with E-state index < -0.39 is 4.92 Å². The molecule has 0 fully saturated rings. The standard InChI is InChI=1S/C27H26N2O3/c1-2-19-5-3-7-24-23-6-4-8-25(23)27(28-26(19)24)20-11-15-22(16-12-20)32-17-18-9-13-21(14-10-18)29(30)31/h3-7,9-16,23,25,27-28H,2,8,17H2,1H3/t23-,25-,27-/m0/s1. The first-order valence-electron chi connectivity index (χ1n) is 11.1. The third-order valence-corrected chi connectivity index (χ3v) is 6.66. The third kappa shape index (κ3) is 3.75. The molecule has 162 valence electrons. The van der Waals surface area contributed by atoms with E-state index >= 15 is 0 Å². The molecule has 1 aliphatic carbocycles. The molecule has 1 aliphatic heterocycles. The first-order chi connectivity index (χ1) is 15.6. The molecule has 5 nitrogen and oxygen atoms in total. The van der Waals surface area contributed by atoms with Gasteiger partial charge in [-0.05, 0) is 65.3 Å². The molecule has 32 heavy (non-hydrogen) atoms. The summed E-state index contributed by atoms with van der Waals surface area (Å²) in [5.74, 6) is 1.76. The maximum Gasteiger partial charge on any atom is 0.269 e. The van der Waals surface area contributed by atoms with Crippen LogP contribution in [-0.2, 0) is 13.0 Å². The van der Waals surface area contributed by atoms with Crippen LogP contribution in [0.15, 0.2) is 78.9 Å². The Hall–Kier alpha value is -3.60. The number of benzene rings is 3. The number of nitro benzene ring substituents is 1. The van der Waals surface area contributed by atoms with Crippen LogP contribution in [0.4, 0.5) is 11.4 Å². The summed E-state index contributed by atoms with van der Waals surface area (Å²) in [6.45, 7) is 2.58. The summed E-state index contributed by atoms with van der Waals surface area (Å²) in [6, 6.07) is 21.7. The zero-order chi connectivity index (χ0) is 22.1. The van der Waals surface area contributed by atoms with Crippen LogP contribution in [0.3, 0.4) is 0 Å². The van der Waals surface area contributed by atoms with E-state index in [-0.39, 0.29) is 11.7 Å². The monoisotopic (exact) mass is 426 g/mol. The topological polar surface area (TPSA) is 64.4 Å². The van der Waals surface area contributed by atoms with Gasteiger partial charge in [0.05, 0.1) is 11.0 Å². The lowest BCUT2D eigenvalue weighted by Crippen LogP contribution is -2.29. The fourth-order valence-corrected chi connectivity index (χ4v) is 4.96. The number of aryl methyl sites for hydroxylation is 1. The van der Waals surface area contributed by atoms with Crippen LogP contribution in [0.5, 0.6) is 5.75 Å². The van der Waals surface area contributed by atoms with Gasteiger partial charge in [0.2, 0.25) is 0 Å². The van der Waals surface area contributed by atoms with Gasteiger partial charge in [0.1, 0.15) is 12.4 Å². The van der Waals surface area contributed by atoms with E-state index in [2.05, 4.69) is 54.7 Å². The highest BCUT2D eigenvalue weighted by Crippen LogP contribution is 2.50. The van der Waals surface area contributed by atoms with Crippen molar-refractivity contribution in [1.29, 1.82) is 0 Å². The summed E-state index contributed by atoms with van der Waals surface area (Å²) < 4.78 is 5.91. The highest BCUT2D eigenvalue weighted by molar-refractivity contribution is 5.64. The van der Waals surface area contributed by atoms with Crippen molar-refractivity contribution in [3.63, 3.8) is 0 Å². The Morgan fingerprint density at radius 1 is 1.06 bits per heavy atom. The van der Waals surface area contributed by atoms with Crippen LogP contribution in [-0.4, -0.2) is 4.92 Å². The lowest BCUT2D eigenvalue weighted by Gasteiger charge is -2.38. The van der Waals surface area contributed by atoms with Gasteiger partial charge in [0.25, 0.3) is 5.69 Å². The lowest BCUT2D eigenvalue weighted by atomic mass is 9.76. The predicted molar refractivity (Wildman–Crippen MR) is 126 cm³/mol. The Labute approximate surface area is 187 Å². The molecule has 5 rings (SSSR count). The normalized spacial score (nSPS) is 20.8. The first kappa shape index (κ1) is 20.3. The van der Waals surface area contributed by atoms with E-state index in [4.69, 9.17) is 4.74 Å². The Bertz CT molecular complexity index is 1150. The van der Waals surface area contributed by atoms with E-state index in [0.717, 1.165) is 24.2 Å². The fourth-order valence-electron chi connectivity index (χ4n) is 4.96. The number of nitro groups is 1. The van der Waals surface area contributed by atoms with Crippen molar-refractivity contribution in [2.24, 2.45) is 5.92 Å². The van der Waals surface area contributed by atoms with Gasteiger partial charge < -0.3 is 10.1 Å². The molecule has 3 atom stereocenters. The molecule has 0 aromatic heterocycles. The van der Waals surface area contributed by atoms with Gasteiger partial charge in [0.15, 0.2) is 0 Å². The van der Waals surface area contributed by atoms with Crippen molar-refractivity contribution in [3.8, 4) is 5.75 Å². The van der Waals surface area contributed by atoms with Crippen molar-refractivity contribution in [1.82, 2.24) is 0 Å². The van der Waals surface area contributed by atoms with Crippen LogP contribution in [0.25, 0.3) is 0 Å². The molecule has 0 spiro atoms. The Morgan fingerprint density at radius 2 is 1.84 bits per heavy atom. The van der Waals surface area contributed by atoms with Crippen molar-refractivity contribution in [3.05, 3.63) is 111 Å². The van der Waals surface area contributed by atoms with Crippen LogP contribution in [0.2, 0.25) is 0 Å². The van der Waals surface area contributed by atoms with Gasteiger partial charge in [0, 0.05) is 23.7 Å². The van der Waals surface area contributed by atoms with Crippen LogP contribution < -0.4 is 10.1 Å². The molecule has 0 amide bonds. The Kier molecular flexibility index (Phi) is 5.39. The maximum atomic E-state index is 10.8. The number of nitrogens with zero attached hydrogens (tertiary/aromatic N) is 1. The number of ether oxygens (including phenoxy) is 1. The van der Waals surface area contributed by atoms with Gasteiger partial charge >= 0.3 is 0 Å². The summed E-state index contributed by atoms with van der Waals surface area (Å²) in [5, 5.41) is 14.7. The number of rotatable bonds is 6. The Morgan fingerprint density at radius 3 is 2.56 bits per heavy atom. The minimum Gasteiger partial charge on any atom is -0.489 e. The van der Waals surface area contributed by atoms with Crippen molar-refractivity contribution in [2.75, 3.05) is 5.32 Å². The number of fused-ring (bicyclic) bond motifs is 3. The smallest absolute Gasteiger partial charge is 0.269 e. The SMILES string of the molecule is CCc1cccc2c1N[C@@H](c1ccc(OCc3ccc([N+](=O)[O-])cc3)cc1)[C@H]1CC=C[C@@H]21. The van der Waals surface area contributed by atoms with Crippen molar-refractivity contribution < 1.29 is 9.66 Å². The average molecular weight is 427 g/mol. The van der Waals surface area contributed by atoms with E-state index in [9.17, 15) is 10.1 Å². The molecular weight excluding hydrogens is 400 g/mol. The highest BCUT2D eigenvalue weighted by Gasteiger charge is 2.38. The van der Waals surface area contributed by atoms with Gasteiger partial charge in [-0.1, -0.05) is 49.4 Å². The van der Waals surface area contributed by atoms with E-state index in [1.807, 2.05) is 12.1 Å². The molecule has 0 saturated heterocycles. The number of nitrogens with one attached hydrogen (secondary N) is 1. The van der Waals surface area contributed by atoms with Crippen LogP contribution in [0, 0.1) is 16.0 Å². The van der Waals surface area contributed by atoms with Crippen molar-refractivity contribution >= 4 is 11.4 Å². The van der Waals surface area contributed by atoms with Crippen molar-refractivity contribution in [2.45, 2.75) is 38.3 Å². The molecule has 3 aromatic carbocycles. The fraction of sp³-hybridized carbons (Fsp3) is 0.259. The molecule has 0 saturated carbocycles. The van der Waals surface area contributed by atoms with Crippen LogP contribution >= 0.6 is 0 Å². The quantitative estimate of drug-likeness (QED) is 0.275. The zero-order valence-electron chi connectivity index (χ0n) is 18.0. The minimum atomic E-state index is -0.394. The zero-order valence-corrected chi connectivity index (χ0v) is 18.0. The predicted octanol–water partition coefficient (Wildman–Crippen LogP) is 6.56. The van der Waals surface area contributed by atoms with Crippen LogP contribution in [0.1, 0.15) is 47.6 Å². The van der Waals surface area contributed by atoms with Gasteiger partial charge in [-0.2, -0.15) is 0 Å². The lowest BCUT2D eigenvalue weighted by molar-refractivity contribution is -0.384. The number of hydrogen-bond acceptors (Lipinski definition) is 4. The number of para-hydroxylation sites is 1.